The van der Waals surface area contributed by atoms with Gasteiger partial charge < -0.3 is 21.4 Å². The summed E-state index contributed by atoms with van der Waals surface area (Å²) in [6.45, 7) is 4.44. The fourth-order valence-corrected chi connectivity index (χ4v) is 4.86. The van der Waals surface area contributed by atoms with Gasteiger partial charge in [0, 0.05) is 16.8 Å². The van der Waals surface area contributed by atoms with E-state index in [0.717, 1.165) is 31.4 Å². The summed E-state index contributed by atoms with van der Waals surface area (Å²) in [6, 6.07) is 30.0. The van der Waals surface area contributed by atoms with Crippen LogP contribution in [-0.2, 0) is 0 Å². The Labute approximate surface area is 208 Å². The van der Waals surface area contributed by atoms with Crippen LogP contribution in [0.2, 0.25) is 0 Å². The molecule has 5 N–H and O–H groups in total. The molecule has 180 valence electrons. The molecule has 35 heavy (non-hydrogen) atoms. The summed E-state index contributed by atoms with van der Waals surface area (Å²) < 4.78 is 0. The molecule has 2 unspecified atom stereocenters. The van der Waals surface area contributed by atoms with Gasteiger partial charge in [0.05, 0.1) is 17.1 Å². The average molecular weight is 466 g/mol. The number of hydrazine groups is 1. The summed E-state index contributed by atoms with van der Waals surface area (Å²) >= 11 is 0. The van der Waals surface area contributed by atoms with Crippen LogP contribution in [0.15, 0.2) is 96.3 Å². The predicted octanol–water partition coefficient (Wildman–Crippen LogP) is 5.91. The van der Waals surface area contributed by atoms with Gasteiger partial charge in [-0.15, -0.1) is 0 Å². The van der Waals surface area contributed by atoms with Crippen LogP contribution in [0.3, 0.4) is 0 Å². The van der Waals surface area contributed by atoms with Crippen molar-refractivity contribution >= 4 is 11.4 Å². The number of allylic oxidation sites excluding steroid dienone is 2. The SMILES string of the molecule is CCCC1=C(c2cccc(C3=C(CCC)NC(c4ccccc4)N3)c2)NC(c2ccccc2)NN1. The molecule has 2 aliphatic rings. The highest BCUT2D eigenvalue weighted by Crippen LogP contribution is 2.32. The lowest BCUT2D eigenvalue weighted by Gasteiger charge is -2.32. The Morgan fingerprint density at radius 1 is 0.571 bits per heavy atom. The molecule has 5 nitrogen and oxygen atoms in total. The van der Waals surface area contributed by atoms with E-state index in [1.165, 1.54) is 39.3 Å². The van der Waals surface area contributed by atoms with Crippen LogP contribution in [0.4, 0.5) is 0 Å². The molecule has 0 amide bonds. The molecule has 5 rings (SSSR count). The molecule has 5 heteroatoms. The zero-order chi connectivity index (χ0) is 24.0. The Balaban J connectivity index is 1.47. The zero-order valence-electron chi connectivity index (χ0n) is 20.6. The topological polar surface area (TPSA) is 60.1 Å². The molecular weight excluding hydrogens is 430 g/mol. The van der Waals surface area contributed by atoms with E-state index in [4.69, 9.17) is 0 Å². The van der Waals surface area contributed by atoms with E-state index in [9.17, 15) is 0 Å². The van der Waals surface area contributed by atoms with Gasteiger partial charge in [0.1, 0.15) is 12.3 Å². The van der Waals surface area contributed by atoms with Gasteiger partial charge in [-0.05, 0) is 30.0 Å². The Morgan fingerprint density at radius 3 is 1.74 bits per heavy atom. The fourth-order valence-electron chi connectivity index (χ4n) is 4.86. The second kappa shape index (κ2) is 10.7. The van der Waals surface area contributed by atoms with Crippen molar-refractivity contribution in [2.45, 2.75) is 51.9 Å². The standard InChI is InChI=1S/C30H35N5/c1-3-12-25-27(32-29(31-25)21-14-7-5-8-15-21)23-18-11-19-24(20-23)28-26(13-4-2)34-35-30(33-28)22-16-9-6-10-17-22/h5-11,14-20,29-35H,3-4,12-13H2,1-2H3. The minimum absolute atomic E-state index is 0.000867. The number of benzene rings is 3. The van der Waals surface area contributed by atoms with Crippen molar-refractivity contribution in [1.29, 1.82) is 0 Å². The van der Waals surface area contributed by atoms with Crippen molar-refractivity contribution in [3.05, 3.63) is 119 Å². The normalized spacial score (nSPS) is 19.6. The molecular formula is C30H35N5. The van der Waals surface area contributed by atoms with Crippen LogP contribution in [0, 0.1) is 0 Å². The Kier molecular flexibility index (Phi) is 7.05. The smallest absolute Gasteiger partial charge is 0.123 e. The largest absolute Gasteiger partial charge is 0.363 e. The molecule has 3 aromatic carbocycles. The first kappa shape index (κ1) is 23.1. The summed E-state index contributed by atoms with van der Waals surface area (Å²) in [5.74, 6) is 0. The maximum Gasteiger partial charge on any atom is 0.123 e. The molecule has 0 saturated carbocycles. The van der Waals surface area contributed by atoms with Crippen LogP contribution in [0.1, 0.15) is 74.1 Å². The van der Waals surface area contributed by atoms with E-state index < -0.39 is 0 Å². The molecule has 2 atom stereocenters. The van der Waals surface area contributed by atoms with Crippen LogP contribution in [-0.4, -0.2) is 0 Å². The van der Waals surface area contributed by atoms with Crippen molar-refractivity contribution in [2.24, 2.45) is 0 Å². The lowest BCUT2D eigenvalue weighted by atomic mass is 10.0. The Hall–Kier alpha value is -3.70. The maximum atomic E-state index is 3.76. The third kappa shape index (κ3) is 5.05. The lowest BCUT2D eigenvalue weighted by Crippen LogP contribution is -2.47. The minimum atomic E-state index is -0.000867. The first-order valence-electron chi connectivity index (χ1n) is 12.7. The van der Waals surface area contributed by atoms with Gasteiger partial charge in [-0.2, -0.15) is 0 Å². The first-order chi connectivity index (χ1) is 17.3. The molecule has 0 aromatic heterocycles. The molecule has 0 fully saturated rings. The van der Waals surface area contributed by atoms with E-state index >= 15 is 0 Å². The maximum absolute atomic E-state index is 3.76. The highest BCUT2D eigenvalue weighted by molar-refractivity contribution is 5.75. The zero-order valence-corrected chi connectivity index (χ0v) is 20.6. The Bertz CT molecular complexity index is 1200. The van der Waals surface area contributed by atoms with E-state index in [2.05, 4.69) is 126 Å². The van der Waals surface area contributed by atoms with Gasteiger partial charge in [0.2, 0.25) is 0 Å². The highest BCUT2D eigenvalue weighted by atomic mass is 15.4. The lowest BCUT2D eigenvalue weighted by molar-refractivity contribution is 0.414. The van der Waals surface area contributed by atoms with Gasteiger partial charge >= 0.3 is 0 Å². The summed E-state index contributed by atoms with van der Waals surface area (Å²) in [5, 5.41) is 11.3. The summed E-state index contributed by atoms with van der Waals surface area (Å²) in [5.41, 5.74) is 16.6. The van der Waals surface area contributed by atoms with Crippen LogP contribution >= 0.6 is 0 Å². The number of rotatable bonds is 8. The molecule has 0 bridgehead atoms. The van der Waals surface area contributed by atoms with Crippen molar-refractivity contribution in [1.82, 2.24) is 26.8 Å². The van der Waals surface area contributed by atoms with Crippen LogP contribution in [0.25, 0.3) is 11.4 Å². The molecule has 3 aromatic rings. The van der Waals surface area contributed by atoms with Crippen LogP contribution in [0.5, 0.6) is 0 Å². The first-order valence-corrected chi connectivity index (χ1v) is 12.7. The highest BCUT2D eigenvalue weighted by Gasteiger charge is 2.26. The van der Waals surface area contributed by atoms with Gasteiger partial charge in [0.25, 0.3) is 0 Å². The quantitative estimate of drug-likeness (QED) is 0.286. The van der Waals surface area contributed by atoms with E-state index in [1.54, 1.807) is 0 Å². The van der Waals surface area contributed by atoms with Crippen molar-refractivity contribution in [3.63, 3.8) is 0 Å². The van der Waals surface area contributed by atoms with Gasteiger partial charge in [-0.3, -0.25) is 0 Å². The fraction of sp³-hybridized carbons (Fsp3) is 0.267. The Morgan fingerprint density at radius 2 is 1.11 bits per heavy atom. The summed E-state index contributed by atoms with van der Waals surface area (Å²) in [6.07, 6.45) is 4.24. The van der Waals surface area contributed by atoms with E-state index in [0.29, 0.717) is 0 Å². The van der Waals surface area contributed by atoms with Gasteiger partial charge in [-0.1, -0.05) is 106 Å². The summed E-state index contributed by atoms with van der Waals surface area (Å²) in [7, 11) is 0. The van der Waals surface area contributed by atoms with Crippen molar-refractivity contribution < 1.29 is 0 Å². The third-order valence-corrected chi connectivity index (χ3v) is 6.57. The molecule has 2 heterocycles. The number of nitrogens with one attached hydrogen (secondary N) is 5. The summed E-state index contributed by atoms with van der Waals surface area (Å²) in [4.78, 5) is 0. The second-order valence-corrected chi connectivity index (χ2v) is 9.18. The predicted molar refractivity (Wildman–Crippen MR) is 144 cm³/mol. The van der Waals surface area contributed by atoms with Crippen molar-refractivity contribution in [3.8, 4) is 0 Å². The minimum Gasteiger partial charge on any atom is -0.363 e. The molecule has 2 aliphatic heterocycles. The van der Waals surface area contributed by atoms with E-state index in [-0.39, 0.29) is 12.3 Å². The van der Waals surface area contributed by atoms with Gasteiger partial charge in [-0.25, -0.2) is 5.43 Å². The molecule has 0 spiro atoms. The number of hydrogen-bond donors (Lipinski definition) is 5. The van der Waals surface area contributed by atoms with Gasteiger partial charge in [0.15, 0.2) is 0 Å². The second-order valence-electron chi connectivity index (χ2n) is 9.18. The van der Waals surface area contributed by atoms with Crippen molar-refractivity contribution in [2.75, 3.05) is 0 Å². The molecule has 0 aliphatic carbocycles. The van der Waals surface area contributed by atoms with Crippen LogP contribution < -0.4 is 26.8 Å². The van der Waals surface area contributed by atoms with E-state index in [1.807, 2.05) is 0 Å². The third-order valence-electron chi connectivity index (χ3n) is 6.57. The molecule has 0 saturated heterocycles. The molecule has 0 radical (unpaired) electrons. The monoisotopic (exact) mass is 465 g/mol. The average Bonchev–Trinajstić information content (AvgIpc) is 3.34. The number of hydrogen-bond acceptors (Lipinski definition) is 5.